The minimum atomic E-state index is -0.450. The predicted molar refractivity (Wildman–Crippen MR) is 90.4 cm³/mol. The Kier molecular flexibility index (Phi) is 4.41. The summed E-state index contributed by atoms with van der Waals surface area (Å²) in [6.07, 6.45) is 1.72. The van der Waals surface area contributed by atoms with E-state index in [9.17, 15) is 0 Å². The first kappa shape index (κ1) is 14.6. The molecule has 0 unspecified atom stereocenters. The third kappa shape index (κ3) is 3.47. The maximum absolute atomic E-state index is 7.63. The fraction of sp³-hybridized carbons (Fsp3) is 0.316. The van der Waals surface area contributed by atoms with Gasteiger partial charge in [-0.3, -0.25) is 9.74 Å². The molecule has 0 spiro atoms. The van der Waals surface area contributed by atoms with Crippen LogP contribution in [0.25, 0.3) is 4.85 Å². The number of hydrogen-bond donors (Lipinski definition) is 1. The molecule has 0 aliphatic carbocycles. The maximum atomic E-state index is 7.63. The lowest BCUT2D eigenvalue weighted by molar-refractivity contribution is 0.186. The molecule has 0 saturated carbocycles. The van der Waals surface area contributed by atoms with Gasteiger partial charge in [0, 0.05) is 25.3 Å². The van der Waals surface area contributed by atoms with Crippen LogP contribution in [0.1, 0.15) is 18.4 Å². The smallest absolute Gasteiger partial charge is 0.307 e. The zero-order valence-corrected chi connectivity index (χ0v) is 12.7. The molecule has 112 valence electrons. The van der Waals surface area contributed by atoms with Crippen LogP contribution in [0.3, 0.4) is 0 Å². The summed E-state index contributed by atoms with van der Waals surface area (Å²) in [5.41, 5.74) is 1.93. The normalized spacial score (nSPS) is 17.6. The zero-order valence-electron chi connectivity index (χ0n) is 12.7. The topological polar surface area (TPSA) is 19.6 Å². The Bertz CT molecular complexity index is 623. The highest BCUT2D eigenvalue weighted by Gasteiger charge is 2.40. The number of anilines is 1. The van der Waals surface area contributed by atoms with Crippen molar-refractivity contribution in [2.75, 3.05) is 18.4 Å². The van der Waals surface area contributed by atoms with Crippen molar-refractivity contribution in [3.8, 4) is 0 Å². The van der Waals surface area contributed by atoms with Gasteiger partial charge in [-0.15, -0.1) is 0 Å². The molecule has 3 rings (SSSR count). The SMILES string of the molecule is [C-]#[N+]C1(Nc2ccccc2)CCN(Cc2ccccc2)CC1. The summed E-state index contributed by atoms with van der Waals surface area (Å²) in [5.74, 6) is 0. The van der Waals surface area contributed by atoms with E-state index in [1.807, 2.05) is 36.4 Å². The number of para-hydroxylation sites is 1. The van der Waals surface area contributed by atoms with Crippen LogP contribution in [0.4, 0.5) is 5.69 Å². The number of benzene rings is 2. The van der Waals surface area contributed by atoms with Crippen LogP contribution in [0.15, 0.2) is 60.7 Å². The number of nitrogens with one attached hydrogen (secondary N) is 1. The lowest BCUT2D eigenvalue weighted by Crippen LogP contribution is -2.46. The molecule has 1 aliphatic heterocycles. The molecule has 1 heterocycles. The molecule has 2 aromatic rings. The largest absolute Gasteiger partial charge is 0.314 e. The van der Waals surface area contributed by atoms with Crippen molar-refractivity contribution in [1.29, 1.82) is 0 Å². The Balaban J connectivity index is 1.60. The minimum absolute atomic E-state index is 0.450. The summed E-state index contributed by atoms with van der Waals surface area (Å²) in [6.45, 7) is 10.5. The van der Waals surface area contributed by atoms with E-state index in [1.54, 1.807) is 0 Å². The van der Waals surface area contributed by atoms with Gasteiger partial charge in [-0.05, 0) is 17.7 Å². The van der Waals surface area contributed by atoms with Crippen molar-refractivity contribution < 1.29 is 0 Å². The molecule has 1 saturated heterocycles. The first-order valence-electron chi connectivity index (χ1n) is 7.78. The van der Waals surface area contributed by atoms with Crippen molar-refractivity contribution in [3.05, 3.63) is 77.6 Å². The lowest BCUT2D eigenvalue weighted by Gasteiger charge is -2.34. The van der Waals surface area contributed by atoms with E-state index in [0.29, 0.717) is 0 Å². The van der Waals surface area contributed by atoms with Crippen molar-refractivity contribution in [2.45, 2.75) is 25.0 Å². The average Bonchev–Trinajstić information content (AvgIpc) is 2.59. The maximum Gasteiger partial charge on any atom is 0.307 e. The third-order valence-electron chi connectivity index (χ3n) is 4.30. The van der Waals surface area contributed by atoms with Gasteiger partial charge in [-0.25, -0.2) is 6.57 Å². The molecular weight excluding hydrogens is 270 g/mol. The Morgan fingerprint density at radius 1 is 0.955 bits per heavy atom. The van der Waals surface area contributed by atoms with Gasteiger partial charge in [0.2, 0.25) is 0 Å². The van der Waals surface area contributed by atoms with Crippen LogP contribution in [0.2, 0.25) is 0 Å². The summed E-state index contributed by atoms with van der Waals surface area (Å²) in [5, 5.41) is 3.45. The second kappa shape index (κ2) is 6.64. The van der Waals surface area contributed by atoms with Gasteiger partial charge in [0.15, 0.2) is 0 Å². The molecule has 1 fully saturated rings. The number of piperidine rings is 1. The summed E-state index contributed by atoms with van der Waals surface area (Å²) < 4.78 is 0. The molecule has 3 heteroatoms. The van der Waals surface area contributed by atoms with Crippen LogP contribution >= 0.6 is 0 Å². The van der Waals surface area contributed by atoms with Crippen molar-refractivity contribution >= 4 is 5.69 Å². The Morgan fingerprint density at radius 3 is 2.14 bits per heavy atom. The molecule has 22 heavy (non-hydrogen) atoms. The minimum Gasteiger partial charge on any atom is -0.314 e. The van der Waals surface area contributed by atoms with Gasteiger partial charge >= 0.3 is 5.66 Å². The molecule has 0 amide bonds. The van der Waals surface area contributed by atoms with Crippen LogP contribution < -0.4 is 5.32 Å². The highest BCUT2D eigenvalue weighted by molar-refractivity contribution is 5.46. The van der Waals surface area contributed by atoms with E-state index in [4.69, 9.17) is 6.57 Å². The van der Waals surface area contributed by atoms with E-state index in [-0.39, 0.29) is 0 Å². The van der Waals surface area contributed by atoms with Gasteiger partial charge in [0.05, 0.1) is 12.8 Å². The number of nitrogens with zero attached hydrogens (tertiary/aromatic N) is 2. The highest BCUT2D eigenvalue weighted by Crippen LogP contribution is 2.29. The Labute approximate surface area is 132 Å². The van der Waals surface area contributed by atoms with Gasteiger partial charge < -0.3 is 5.32 Å². The Morgan fingerprint density at radius 2 is 1.55 bits per heavy atom. The van der Waals surface area contributed by atoms with Crippen LogP contribution in [-0.4, -0.2) is 23.7 Å². The van der Waals surface area contributed by atoms with E-state index in [2.05, 4.69) is 39.3 Å². The molecule has 0 bridgehead atoms. The fourth-order valence-electron chi connectivity index (χ4n) is 2.98. The predicted octanol–water partition coefficient (Wildman–Crippen LogP) is 4.01. The second-order valence-corrected chi connectivity index (χ2v) is 5.90. The van der Waals surface area contributed by atoms with Gasteiger partial charge in [0.1, 0.15) is 0 Å². The number of hydrogen-bond acceptors (Lipinski definition) is 2. The van der Waals surface area contributed by atoms with E-state index in [1.165, 1.54) is 5.56 Å². The zero-order chi connectivity index (χ0) is 15.3. The molecule has 1 aliphatic rings. The summed E-state index contributed by atoms with van der Waals surface area (Å²) in [7, 11) is 0. The molecule has 0 radical (unpaired) electrons. The van der Waals surface area contributed by atoms with Crippen molar-refractivity contribution in [2.24, 2.45) is 0 Å². The molecule has 3 nitrogen and oxygen atoms in total. The first-order chi connectivity index (χ1) is 10.8. The average molecular weight is 291 g/mol. The van der Waals surface area contributed by atoms with Gasteiger partial charge in [-0.1, -0.05) is 48.5 Å². The van der Waals surface area contributed by atoms with E-state index in [0.717, 1.165) is 38.2 Å². The number of rotatable bonds is 4. The number of likely N-dealkylation sites (tertiary alicyclic amines) is 1. The van der Waals surface area contributed by atoms with Crippen LogP contribution in [0.5, 0.6) is 0 Å². The lowest BCUT2D eigenvalue weighted by atomic mass is 9.96. The first-order valence-corrected chi connectivity index (χ1v) is 7.78. The second-order valence-electron chi connectivity index (χ2n) is 5.90. The quantitative estimate of drug-likeness (QED) is 0.859. The highest BCUT2D eigenvalue weighted by atomic mass is 15.2. The van der Waals surface area contributed by atoms with Crippen molar-refractivity contribution in [1.82, 2.24) is 4.90 Å². The van der Waals surface area contributed by atoms with Crippen LogP contribution in [-0.2, 0) is 6.54 Å². The molecule has 1 N–H and O–H groups in total. The molecule has 0 aromatic heterocycles. The van der Waals surface area contributed by atoms with Crippen LogP contribution in [0, 0.1) is 6.57 Å². The van der Waals surface area contributed by atoms with Gasteiger partial charge in [-0.2, -0.15) is 0 Å². The third-order valence-corrected chi connectivity index (χ3v) is 4.30. The van der Waals surface area contributed by atoms with E-state index < -0.39 is 5.66 Å². The summed E-state index contributed by atoms with van der Waals surface area (Å²) >= 11 is 0. The van der Waals surface area contributed by atoms with Gasteiger partial charge in [0.25, 0.3) is 0 Å². The Hall–Kier alpha value is -2.31. The van der Waals surface area contributed by atoms with Crippen molar-refractivity contribution in [3.63, 3.8) is 0 Å². The molecule has 0 atom stereocenters. The van der Waals surface area contributed by atoms with E-state index >= 15 is 0 Å². The standard InChI is InChI=1S/C19H21N3/c1-20-19(21-18-10-6-3-7-11-18)12-14-22(15-13-19)16-17-8-4-2-5-9-17/h2-11,21H,12-16H2. The fourth-order valence-corrected chi connectivity index (χ4v) is 2.98. The molecular formula is C19H21N3. The monoisotopic (exact) mass is 291 g/mol. The molecule has 2 aromatic carbocycles. The summed E-state index contributed by atoms with van der Waals surface area (Å²) in [6, 6.07) is 20.6. The summed E-state index contributed by atoms with van der Waals surface area (Å²) in [4.78, 5) is 6.36.